The molecular formula is C33H39NOP2. The zero-order valence-corrected chi connectivity index (χ0v) is 23.7. The molecule has 0 bridgehead atoms. The van der Waals surface area contributed by atoms with Crippen molar-refractivity contribution in [3.8, 4) is 0 Å². The molecule has 0 aliphatic carbocycles. The first kappa shape index (κ1) is 27.3. The van der Waals surface area contributed by atoms with Gasteiger partial charge in [0.05, 0.1) is 0 Å². The summed E-state index contributed by atoms with van der Waals surface area (Å²) in [6.07, 6.45) is 6.14. The van der Waals surface area contributed by atoms with Crippen LogP contribution in [0.1, 0.15) is 26.2 Å². The van der Waals surface area contributed by atoms with E-state index in [4.69, 9.17) is 0 Å². The van der Waals surface area contributed by atoms with E-state index < -0.39 is 15.2 Å². The Morgan fingerprint density at radius 1 is 0.649 bits per heavy atom. The Bertz CT molecular complexity index is 1120. The van der Waals surface area contributed by atoms with Gasteiger partial charge in [-0.1, -0.05) is 0 Å². The van der Waals surface area contributed by atoms with E-state index in [2.05, 4.69) is 127 Å². The Kier molecular flexibility index (Phi) is 10.5. The van der Waals surface area contributed by atoms with Gasteiger partial charge in [-0.05, 0) is 0 Å². The number of amides is 1. The molecule has 0 radical (unpaired) electrons. The summed E-state index contributed by atoms with van der Waals surface area (Å²) < 4.78 is 0. The predicted molar refractivity (Wildman–Crippen MR) is 167 cm³/mol. The third kappa shape index (κ3) is 7.38. The minimum absolute atomic E-state index is 0.172. The molecule has 0 aromatic heterocycles. The third-order valence-corrected chi connectivity index (χ3v) is 15.3. The van der Waals surface area contributed by atoms with Crippen LogP contribution in [0.4, 0.5) is 0 Å². The van der Waals surface area contributed by atoms with Gasteiger partial charge in [-0.25, -0.2) is 0 Å². The maximum atomic E-state index is 12.1. The standard InChI is InChI=1S/C33H39NOP2/c1-2-34-33(35)25-15-16-27-37(31-21-11-5-12-22-31,32-23-13-6-14-24-32)28-26-36(29-17-7-3-8-18-29)30-19-9-4-10-20-30/h3-14,17-24,37H,2,15-16,25-28H2,1H3,(H,34,35). The van der Waals surface area contributed by atoms with E-state index in [1.54, 1.807) is 0 Å². The summed E-state index contributed by atoms with van der Waals surface area (Å²) in [5.41, 5.74) is 0. The Hall–Kier alpha value is -2.79. The quantitative estimate of drug-likeness (QED) is 0.172. The number of benzene rings is 4. The van der Waals surface area contributed by atoms with Crippen LogP contribution >= 0.6 is 15.2 Å². The molecule has 1 amide bonds. The van der Waals surface area contributed by atoms with Crippen molar-refractivity contribution in [2.45, 2.75) is 26.2 Å². The fourth-order valence-electron chi connectivity index (χ4n) is 5.31. The molecule has 4 rings (SSSR count). The first-order valence-electron chi connectivity index (χ1n) is 13.5. The molecule has 2 nitrogen and oxygen atoms in total. The average molecular weight is 528 g/mol. The molecule has 0 spiro atoms. The Balaban J connectivity index is 1.68. The third-order valence-electron chi connectivity index (χ3n) is 7.18. The average Bonchev–Trinajstić information content (AvgIpc) is 2.96. The van der Waals surface area contributed by atoms with Gasteiger partial charge in [0, 0.05) is 0 Å². The van der Waals surface area contributed by atoms with Crippen LogP contribution in [0, 0.1) is 0 Å². The van der Waals surface area contributed by atoms with E-state index in [0.717, 1.165) is 25.2 Å². The zero-order chi connectivity index (χ0) is 25.8. The molecule has 37 heavy (non-hydrogen) atoms. The number of nitrogens with one attached hydrogen (secondary N) is 1. The van der Waals surface area contributed by atoms with Gasteiger partial charge in [-0.2, -0.15) is 0 Å². The molecular weight excluding hydrogens is 488 g/mol. The molecule has 0 saturated heterocycles. The van der Waals surface area contributed by atoms with Gasteiger partial charge in [0.25, 0.3) is 0 Å². The Morgan fingerprint density at radius 2 is 1.11 bits per heavy atom. The van der Waals surface area contributed by atoms with Crippen LogP contribution in [0.15, 0.2) is 121 Å². The zero-order valence-electron chi connectivity index (χ0n) is 21.9. The van der Waals surface area contributed by atoms with Crippen molar-refractivity contribution in [1.82, 2.24) is 5.32 Å². The maximum absolute atomic E-state index is 12.1. The van der Waals surface area contributed by atoms with E-state index in [-0.39, 0.29) is 5.91 Å². The van der Waals surface area contributed by atoms with Crippen molar-refractivity contribution in [3.63, 3.8) is 0 Å². The van der Waals surface area contributed by atoms with Crippen LogP contribution < -0.4 is 26.5 Å². The van der Waals surface area contributed by atoms with Gasteiger partial charge >= 0.3 is 225 Å². The van der Waals surface area contributed by atoms with Crippen molar-refractivity contribution in [1.29, 1.82) is 0 Å². The fraction of sp³-hybridized carbons (Fsp3) is 0.242. The molecule has 0 aliphatic heterocycles. The first-order valence-corrected chi connectivity index (χ1v) is 17.4. The Morgan fingerprint density at radius 3 is 1.57 bits per heavy atom. The molecule has 0 aliphatic rings. The topological polar surface area (TPSA) is 29.1 Å². The van der Waals surface area contributed by atoms with Gasteiger partial charge in [0.15, 0.2) is 0 Å². The van der Waals surface area contributed by atoms with Gasteiger partial charge < -0.3 is 0 Å². The van der Waals surface area contributed by atoms with Crippen molar-refractivity contribution >= 4 is 42.3 Å². The van der Waals surface area contributed by atoms with Crippen LogP contribution in [-0.2, 0) is 4.79 Å². The van der Waals surface area contributed by atoms with Gasteiger partial charge in [-0.3, -0.25) is 0 Å². The van der Waals surface area contributed by atoms with Gasteiger partial charge in [0.2, 0.25) is 0 Å². The summed E-state index contributed by atoms with van der Waals surface area (Å²) in [7, 11) is -2.54. The van der Waals surface area contributed by atoms with Crippen LogP contribution in [-0.4, -0.2) is 30.9 Å². The molecule has 0 atom stereocenters. The molecule has 4 aromatic rings. The van der Waals surface area contributed by atoms with Crippen LogP contribution in [0.2, 0.25) is 0 Å². The van der Waals surface area contributed by atoms with Crippen LogP contribution in [0.3, 0.4) is 0 Å². The molecule has 0 heterocycles. The van der Waals surface area contributed by atoms with E-state index in [9.17, 15) is 4.79 Å². The second kappa shape index (κ2) is 14.2. The normalized spacial score (nSPS) is 11.8. The van der Waals surface area contributed by atoms with E-state index >= 15 is 0 Å². The summed E-state index contributed by atoms with van der Waals surface area (Å²) in [6, 6.07) is 44.6. The summed E-state index contributed by atoms with van der Waals surface area (Å²) in [5, 5.41) is 8.87. The van der Waals surface area contributed by atoms with Crippen LogP contribution in [0.5, 0.6) is 0 Å². The van der Waals surface area contributed by atoms with Crippen LogP contribution in [0.25, 0.3) is 0 Å². The number of carbonyl (C=O) groups is 1. The second-order valence-corrected chi connectivity index (χ2v) is 16.2. The van der Waals surface area contributed by atoms with E-state index in [1.807, 2.05) is 6.92 Å². The molecule has 1 N–H and O–H groups in total. The summed E-state index contributed by atoms with van der Waals surface area (Å²) >= 11 is 0. The number of rotatable bonds is 13. The summed E-state index contributed by atoms with van der Waals surface area (Å²) in [5.74, 6) is 0.172. The van der Waals surface area contributed by atoms with E-state index in [0.29, 0.717) is 13.0 Å². The Labute approximate surface area is 224 Å². The summed E-state index contributed by atoms with van der Waals surface area (Å²) in [4.78, 5) is 12.1. The second-order valence-electron chi connectivity index (χ2n) is 9.55. The number of carbonyl (C=O) groups excluding carboxylic acids is 1. The number of unbranched alkanes of at least 4 members (excludes halogenated alkanes) is 1. The SMILES string of the molecule is CCNC(=O)CCCC[PH](CCP(c1ccccc1)c1ccccc1)(c1ccccc1)c1ccccc1. The van der Waals surface area contributed by atoms with Gasteiger partial charge in [-0.15, -0.1) is 0 Å². The number of hydrogen-bond donors (Lipinski definition) is 1. The molecule has 4 heteroatoms. The molecule has 0 saturated carbocycles. The monoisotopic (exact) mass is 527 g/mol. The predicted octanol–water partition coefficient (Wildman–Crippen LogP) is 5.83. The van der Waals surface area contributed by atoms with Crippen molar-refractivity contribution < 1.29 is 4.79 Å². The van der Waals surface area contributed by atoms with Crippen molar-refractivity contribution in [3.05, 3.63) is 121 Å². The molecule has 0 fully saturated rings. The van der Waals surface area contributed by atoms with Gasteiger partial charge in [0.1, 0.15) is 0 Å². The number of hydrogen-bond acceptors (Lipinski definition) is 1. The minimum atomic E-state index is -2.08. The summed E-state index contributed by atoms with van der Waals surface area (Å²) in [6.45, 7) is 2.69. The van der Waals surface area contributed by atoms with E-state index in [1.165, 1.54) is 27.4 Å². The molecule has 192 valence electrons. The van der Waals surface area contributed by atoms with Crippen molar-refractivity contribution in [2.75, 3.05) is 25.0 Å². The van der Waals surface area contributed by atoms with Crippen molar-refractivity contribution in [2.24, 2.45) is 0 Å². The first-order chi connectivity index (χ1) is 18.2. The molecule has 0 unspecified atom stereocenters. The molecule has 4 aromatic carbocycles. The fourth-order valence-corrected chi connectivity index (χ4v) is 13.9.